The number of nitro groups is 1. The largest absolute Gasteiger partial charge is 0.373 e. The first kappa shape index (κ1) is 14.2. The van der Waals surface area contributed by atoms with E-state index in [4.69, 9.17) is 0 Å². The van der Waals surface area contributed by atoms with E-state index in [-0.39, 0.29) is 5.69 Å². The number of nitrogens with zero attached hydrogens (tertiary/aromatic N) is 2. The van der Waals surface area contributed by atoms with E-state index in [2.05, 4.69) is 36.4 Å². The normalized spacial score (nSPS) is 12.3. The summed E-state index contributed by atoms with van der Waals surface area (Å²) in [4.78, 5) is 14.6. The van der Waals surface area contributed by atoms with E-state index < -0.39 is 4.92 Å². The molecule has 1 atom stereocenters. The van der Waals surface area contributed by atoms with E-state index in [0.29, 0.717) is 23.5 Å². The Morgan fingerprint density at radius 1 is 1.33 bits per heavy atom. The van der Waals surface area contributed by atoms with Crippen LogP contribution in [0.4, 0.5) is 17.3 Å². The summed E-state index contributed by atoms with van der Waals surface area (Å²) in [5.41, 5.74) is 0.0362. The van der Waals surface area contributed by atoms with Crippen molar-refractivity contribution in [2.45, 2.75) is 20.8 Å². The lowest BCUT2D eigenvalue weighted by molar-refractivity contribution is -0.384. The molecular formula is C12H20N4O2. The average Bonchev–Trinajstić information content (AvgIpc) is 2.35. The van der Waals surface area contributed by atoms with Gasteiger partial charge in [-0.1, -0.05) is 20.8 Å². The highest BCUT2D eigenvalue weighted by molar-refractivity contribution is 5.54. The van der Waals surface area contributed by atoms with Crippen molar-refractivity contribution in [3.8, 4) is 0 Å². The van der Waals surface area contributed by atoms with Crippen molar-refractivity contribution >= 4 is 17.3 Å². The highest BCUT2D eigenvalue weighted by Gasteiger charge is 2.12. The zero-order valence-electron chi connectivity index (χ0n) is 11.2. The van der Waals surface area contributed by atoms with Crippen LogP contribution in [0.5, 0.6) is 0 Å². The average molecular weight is 252 g/mol. The Balaban J connectivity index is 2.81. The van der Waals surface area contributed by atoms with Crippen LogP contribution >= 0.6 is 0 Å². The van der Waals surface area contributed by atoms with Crippen LogP contribution in [0.1, 0.15) is 20.8 Å². The van der Waals surface area contributed by atoms with Gasteiger partial charge in [-0.2, -0.15) is 0 Å². The monoisotopic (exact) mass is 252 g/mol. The lowest BCUT2D eigenvalue weighted by atomic mass is 9.98. The zero-order chi connectivity index (χ0) is 13.7. The SMILES string of the molecule is CNc1cc([N+](=O)[O-])cc(NCC(C)C(C)C)n1. The van der Waals surface area contributed by atoms with Gasteiger partial charge in [-0.3, -0.25) is 10.1 Å². The van der Waals surface area contributed by atoms with E-state index in [1.54, 1.807) is 7.05 Å². The number of hydrogen-bond donors (Lipinski definition) is 2. The van der Waals surface area contributed by atoms with Gasteiger partial charge in [0.2, 0.25) is 0 Å². The zero-order valence-corrected chi connectivity index (χ0v) is 11.2. The molecule has 1 unspecified atom stereocenters. The van der Waals surface area contributed by atoms with E-state index in [1.165, 1.54) is 12.1 Å². The van der Waals surface area contributed by atoms with Gasteiger partial charge in [0.05, 0.1) is 17.1 Å². The first-order valence-corrected chi connectivity index (χ1v) is 6.02. The molecule has 0 amide bonds. The maximum Gasteiger partial charge on any atom is 0.276 e. The second kappa shape index (κ2) is 6.18. The molecule has 1 aromatic heterocycles. The van der Waals surface area contributed by atoms with Crippen LogP contribution in [0.15, 0.2) is 12.1 Å². The Morgan fingerprint density at radius 3 is 2.44 bits per heavy atom. The first-order valence-electron chi connectivity index (χ1n) is 6.02. The van der Waals surface area contributed by atoms with Gasteiger partial charge >= 0.3 is 0 Å². The Morgan fingerprint density at radius 2 is 1.94 bits per heavy atom. The lowest BCUT2D eigenvalue weighted by Crippen LogP contribution is -2.17. The molecule has 0 bridgehead atoms. The molecule has 0 aliphatic heterocycles. The van der Waals surface area contributed by atoms with E-state index >= 15 is 0 Å². The van der Waals surface area contributed by atoms with Gasteiger partial charge in [0.15, 0.2) is 0 Å². The third-order valence-electron chi connectivity index (χ3n) is 3.02. The highest BCUT2D eigenvalue weighted by Crippen LogP contribution is 2.21. The minimum absolute atomic E-state index is 0.0362. The topological polar surface area (TPSA) is 80.1 Å². The molecule has 0 fully saturated rings. The van der Waals surface area contributed by atoms with Gasteiger partial charge in [-0.25, -0.2) is 4.98 Å². The van der Waals surface area contributed by atoms with E-state index in [1.807, 2.05) is 0 Å². The Labute approximate surface area is 107 Å². The van der Waals surface area contributed by atoms with Crippen molar-refractivity contribution in [2.24, 2.45) is 11.8 Å². The number of hydrogen-bond acceptors (Lipinski definition) is 5. The third-order valence-corrected chi connectivity index (χ3v) is 3.02. The summed E-state index contributed by atoms with van der Waals surface area (Å²) < 4.78 is 0. The Kier molecular flexibility index (Phi) is 4.88. The number of anilines is 2. The molecule has 0 saturated carbocycles. The van der Waals surface area contributed by atoms with Crippen molar-refractivity contribution in [1.82, 2.24) is 4.98 Å². The van der Waals surface area contributed by atoms with Gasteiger partial charge in [-0.05, 0) is 11.8 Å². The molecule has 18 heavy (non-hydrogen) atoms. The lowest BCUT2D eigenvalue weighted by Gasteiger charge is -2.16. The van der Waals surface area contributed by atoms with Crippen LogP contribution in [0.25, 0.3) is 0 Å². The number of pyridine rings is 1. The molecule has 1 heterocycles. The molecule has 2 N–H and O–H groups in total. The maximum atomic E-state index is 10.8. The summed E-state index contributed by atoms with van der Waals surface area (Å²) in [6.07, 6.45) is 0. The van der Waals surface area contributed by atoms with Crippen LogP contribution in [-0.4, -0.2) is 23.5 Å². The molecule has 100 valence electrons. The second-order valence-electron chi connectivity index (χ2n) is 4.71. The second-order valence-corrected chi connectivity index (χ2v) is 4.71. The van der Waals surface area contributed by atoms with Gasteiger partial charge < -0.3 is 10.6 Å². The molecule has 0 aliphatic rings. The van der Waals surface area contributed by atoms with Crippen molar-refractivity contribution in [3.05, 3.63) is 22.2 Å². The van der Waals surface area contributed by atoms with Crippen LogP contribution in [0, 0.1) is 22.0 Å². The molecule has 6 heteroatoms. The number of nitrogens with one attached hydrogen (secondary N) is 2. The van der Waals surface area contributed by atoms with Crippen LogP contribution < -0.4 is 10.6 Å². The smallest absolute Gasteiger partial charge is 0.276 e. The fourth-order valence-electron chi connectivity index (χ4n) is 1.34. The summed E-state index contributed by atoms with van der Waals surface area (Å²) in [5.74, 6) is 2.05. The molecule has 1 rings (SSSR count). The molecule has 6 nitrogen and oxygen atoms in total. The highest BCUT2D eigenvalue weighted by atomic mass is 16.6. The van der Waals surface area contributed by atoms with Gasteiger partial charge in [0, 0.05) is 13.6 Å². The molecular weight excluding hydrogens is 232 g/mol. The summed E-state index contributed by atoms with van der Waals surface area (Å²) >= 11 is 0. The van der Waals surface area contributed by atoms with Gasteiger partial charge in [0.1, 0.15) is 11.6 Å². The van der Waals surface area contributed by atoms with Gasteiger partial charge in [-0.15, -0.1) is 0 Å². The number of aromatic nitrogens is 1. The summed E-state index contributed by atoms with van der Waals surface area (Å²) in [5, 5.41) is 16.7. The van der Waals surface area contributed by atoms with E-state index in [9.17, 15) is 10.1 Å². The minimum atomic E-state index is -0.417. The van der Waals surface area contributed by atoms with Crippen LogP contribution in [0.3, 0.4) is 0 Å². The fourth-order valence-corrected chi connectivity index (χ4v) is 1.34. The molecule has 0 aliphatic carbocycles. The van der Waals surface area contributed by atoms with Gasteiger partial charge in [0.25, 0.3) is 5.69 Å². The van der Waals surface area contributed by atoms with Crippen molar-refractivity contribution in [3.63, 3.8) is 0 Å². The predicted octanol–water partition coefficient (Wildman–Crippen LogP) is 2.74. The van der Waals surface area contributed by atoms with Crippen LogP contribution in [0.2, 0.25) is 0 Å². The summed E-state index contributed by atoms with van der Waals surface area (Å²) in [6, 6.07) is 2.87. The van der Waals surface area contributed by atoms with Crippen molar-refractivity contribution < 1.29 is 4.92 Å². The maximum absolute atomic E-state index is 10.8. The van der Waals surface area contributed by atoms with Crippen molar-refractivity contribution in [1.29, 1.82) is 0 Å². The van der Waals surface area contributed by atoms with E-state index in [0.717, 1.165) is 6.54 Å². The number of rotatable bonds is 6. The van der Waals surface area contributed by atoms with Crippen molar-refractivity contribution in [2.75, 3.05) is 24.2 Å². The summed E-state index contributed by atoms with van der Waals surface area (Å²) in [6.45, 7) is 7.17. The summed E-state index contributed by atoms with van der Waals surface area (Å²) in [7, 11) is 1.69. The Hall–Kier alpha value is -1.85. The minimum Gasteiger partial charge on any atom is -0.373 e. The molecule has 0 saturated heterocycles. The first-order chi connectivity index (χ1) is 8.43. The molecule has 1 aromatic rings. The third kappa shape index (κ3) is 3.87. The Bertz CT molecular complexity index is 421. The fraction of sp³-hybridized carbons (Fsp3) is 0.583. The molecule has 0 spiro atoms. The van der Waals surface area contributed by atoms with Crippen LogP contribution in [-0.2, 0) is 0 Å². The quantitative estimate of drug-likeness (QED) is 0.601. The molecule has 0 aromatic carbocycles. The standard InChI is InChI=1S/C12H20N4O2/c1-8(2)9(3)7-14-12-6-10(16(17)18)5-11(13-4)15-12/h5-6,8-9H,7H2,1-4H3,(H2,13,14,15). The predicted molar refractivity (Wildman–Crippen MR) is 72.9 cm³/mol. The molecule has 0 radical (unpaired) electrons.